The van der Waals surface area contributed by atoms with Crippen molar-refractivity contribution < 1.29 is 14.6 Å². The van der Waals surface area contributed by atoms with E-state index in [9.17, 15) is 4.79 Å². The minimum atomic E-state index is -0.834. The highest BCUT2D eigenvalue weighted by atomic mass is 16.5. The Hall–Kier alpha value is -1.95. The first kappa shape index (κ1) is 18.1. The molecule has 1 rings (SSSR count). The Morgan fingerprint density at radius 3 is 2.23 bits per heavy atom. The van der Waals surface area contributed by atoms with Gasteiger partial charge in [0.2, 0.25) is 0 Å². The Kier molecular flexibility index (Phi) is 8.14. The van der Waals surface area contributed by atoms with Gasteiger partial charge in [0, 0.05) is 0 Å². The Balaban J connectivity index is 2.78. The van der Waals surface area contributed by atoms with Gasteiger partial charge in [-0.15, -0.1) is 5.92 Å². The summed E-state index contributed by atoms with van der Waals surface area (Å²) in [5.74, 6) is 5.51. The Morgan fingerprint density at radius 2 is 1.77 bits per heavy atom. The lowest BCUT2D eigenvalue weighted by atomic mass is 9.96. The van der Waals surface area contributed by atoms with Gasteiger partial charge in [0.25, 0.3) is 0 Å². The lowest BCUT2D eigenvalue weighted by Gasteiger charge is -2.18. The number of rotatable bonds is 9. The number of ether oxygens (including phenoxy) is 1. The van der Waals surface area contributed by atoms with Crippen molar-refractivity contribution in [3.8, 4) is 17.6 Å². The van der Waals surface area contributed by atoms with E-state index in [1.54, 1.807) is 6.92 Å². The average Bonchev–Trinajstić information content (AvgIpc) is 2.48. The second-order valence-electron chi connectivity index (χ2n) is 5.43. The molecule has 0 amide bonds. The van der Waals surface area contributed by atoms with Crippen LogP contribution in [0.15, 0.2) is 24.3 Å². The molecule has 3 heteroatoms. The van der Waals surface area contributed by atoms with Crippen LogP contribution in [0.3, 0.4) is 0 Å². The molecule has 0 spiro atoms. The molecule has 0 fully saturated rings. The quantitative estimate of drug-likeness (QED) is 0.677. The summed E-state index contributed by atoms with van der Waals surface area (Å²) in [5, 5.41) is 8.97. The SMILES string of the molecule is CC#CC(CC(=O)O)c1ccc(OC(CCC)CCC)cc1. The van der Waals surface area contributed by atoms with Gasteiger partial charge in [0.15, 0.2) is 0 Å². The number of aliphatic carboxylic acids is 1. The van der Waals surface area contributed by atoms with Crippen LogP contribution in [0.1, 0.15) is 64.4 Å². The number of carbonyl (C=O) groups is 1. The molecule has 1 aromatic carbocycles. The van der Waals surface area contributed by atoms with Crippen molar-refractivity contribution in [2.24, 2.45) is 0 Å². The molecular formula is C19H26O3. The molecular weight excluding hydrogens is 276 g/mol. The summed E-state index contributed by atoms with van der Waals surface area (Å²) >= 11 is 0. The summed E-state index contributed by atoms with van der Waals surface area (Å²) in [6.45, 7) is 6.05. The molecule has 0 aromatic heterocycles. The standard InChI is InChI=1S/C19H26O3/c1-4-7-16(14-19(20)21)15-10-12-18(13-11-15)22-17(8-5-2)9-6-3/h10-13,16-17H,5-6,8-9,14H2,1-3H3,(H,20,21). The first-order valence-corrected chi connectivity index (χ1v) is 8.01. The van der Waals surface area contributed by atoms with Gasteiger partial charge >= 0.3 is 5.97 Å². The van der Waals surface area contributed by atoms with Gasteiger partial charge in [0.1, 0.15) is 5.75 Å². The molecule has 0 aliphatic heterocycles. The lowest BCUT2D eigenvalue weighted by Crippen LogP contribution is -2.15. The van der Waals surface area contributed by atoms with E-state index in [-0.39, 0.29) is 18.4 Å². The third-order valence-electron chi connectivity index (χ3n) is 3.50. The van der Waals surface area contributed by atoms with E-state index in [0.717, 1.165) is 37.0 Å². The van der Waals surface area contributed by atoms with Crippen molar-refractivity contribution in [2.75, 3.05) is 0 Å². The molecule has 0 bridgehead atoms. The average molecular weight is 302 g/mol. The van der Waals surface area contributed by atoms with Crippen molar-refractivity contribution in [3.63, 3.8) is 0 Å². The van der Waals surface area contributed by atoms with Crippen LogP contribution in [-0.2, 0) is 4.79 Å². The molecule has 1 unspecified atom stereocenters. The van der Waals surface area contributed by atoms with Crippen LogP contribution in [0.2, 0.25) is 0 Å². The summed E-state index contributed by atoms with van der Waals surface area (Å²) < 4.78 is 6.02. The molecule has 1 N–H and O–H groups in total. The van der Waals surface area contributed by atoms with Gasteiger partial charge in [-0.1, -0.05) is 44.7 Å². The second kappa shape index (κ2) is 9.89. The van der Waals surface area contributed by atoms with Gasteiger partial charge in [-0.2, -0.15) is 0 Å². The van der Waals surface area contributed by atoms with E-state index < -0.39 is 5.97 Å². The smallest absolute Gasteiger partial charge is 0.304 e. The first-order valence-electron chi connectivity index (χ1n) is 8.01. The number of carboxylic acid groups (broad SMARTS) is 1. The molecule has 3 nitrogen and oxygen atoms in total. The second-order valence-corrected chi connectivity index (χ2v) is 5.43. The molecule has 22 heavy (non-hydrogen) atoms. The van der Waals surface area contributed by atoms with E-state index in [2.05, 4.69) is 25.7 Å². The monoisotopic (exact) mass is 302 g/mol. The highest BCUT2D eigenvalue weighted by Gasteiger charge is 2.14. The van der Waals surface area contributed by atoms with E-state index in [4.69, 9.17) is 9.84 Å². The van der Waals surface area contributed by atoms with Crippen molar-refractivity contribution in [2.45, 2.75) is 64.9 Å². The van der Waals surface area contributed by atoms with Crippen molar-refractivity contribution in [3.05, 3.63) is 29.8 Å². The van der Waals surface area contributed by atoms with Crippen LogP contribution < -0.4 is 4.74 Å². The molecule has 0 saturated heterocycles. The van der Waals surface area contributed by atoms with Crippen LogP contribution in [0.25, 0.3) is 0 Å². The molecule has 1 atom stereocenters. The molecule has 1 aromatic rings. The van der Waals surface area contributed by atoms with Crippen LogP contribution in [0, 0.1) is 11.8 Å². The van der Waals surface area contributed by atoms with Crippen LogP contribution in [0.5, 0.6) is 5.75 Å². The van der Waals surface area contributed by atoms with Crippen LogP contribution >= 0.6 is 0 Å². The summed E-state index contributed by atoms with van der Waals surface area (Å²) in [7, 11) is 0. The normalized spacial score (nSPS) is 11.6. The topological polar surface area (TPSA) is 46.5 Å². The number of hydrogen-bond acceptors (Lipinski definition) is 2. The Bertz CT molecular complexity index is 502. The van der Waals surface area contributed by atoms with Crippen molar-refractivity contribution in [1.29, 1.82) is 0 Å². The van der Waals surface area contributed by atoms with Gasteiger partial charge in [-0.25, -0.2) is 0 Å². The van der Waals surface area contributed by atoms with Crippen molar-refractivity contribution in [1.82, 2.24) is 0 Å². The molecule has 0 aliphatic rings. The third kappa shape index (κ3) is 6.22. The van der Waals surface area contributed by atoms with E-state index in [1.165, 1.54) is 0 Å². The van der Waals surface area contributed by atoms with E-state index >= 15 is 0 Å². The number of benzene rings is 1. The van der Waals surface area contributed by atoms with Crippen molar-refractivity contribution >= 4 is 5.97 Å². The zero-order chi connectivity index (χ0) is 16.4. The largest absolute Gasteiger partial charge is 0.490 e. The maximum Gasteiger partial charge on any atom is 0.304 e. The zero-order valence-corrected chi connectivity index (χ0v) is 13.8. The lowest BCUT2D eigenvalue weighted by molar-refractivity contribution is -0.137. The zero-order valence-electron chi connectivity index (χ0n) is 13.8. The van der Waals surface area contributed by atoms with Gasteiger partial charge in [-0.05, 0) is 37.5 Å². The fourth-order valence-corrected chi connectivity index (χ4v) is 2.48. The summed E-state index contributed by atoms with van der Waals surface area (Å²) in [4.78, 5) is 10.9. The first-order chi connectivity index (χ1) is 10.6. The third-order valence-corrected chi connectivity index (χ3v) is 3.50. The van der Waals surface area contributed by atoms with Crippen LogP contribution in [-0.4, -0.2) is 17.2 Å². The Labute approximate surface area is 133 Å². The minimum absolute atomic E-state index is 0.0232. The molecule has 0 saturated carbocycles. The predicted molar refractivity (Wildman–Crippen MR) is 89.1 cm³/mol. The maximum absolute atomic E-state index is 10.9. The maximum atomic E-state index is 10.9. The predicted octanol–water partition coefficient (Wildman–Crippen LogP) is 4.62. The number of carboxylic acids is 1. The van der Waals surface area contributed by atoms with Crippen LogP contribution in [0.4, 0.5) is 0 Å². The highest BCUT2D eigenvalue weighted by molar-refractivity contribution is 5.69. The molecule has 0 radical (unpaired) electrons. The summed E-state index contributed by atoms with van der Waals surface area (Å²) in [6, 6.07) is 7.67. The van der Waals surface area contributed by atoms with Gasteiger partial charge in [-0.3, -0.25) is 4.79 Å². The molecule has 120 valence electrons. The summed E-state index contributed by atoms with van der Waals surface area (Å²) in [6.07, 6.45) is 4.60. The summed E-state index contributed by atoms with van der Waals surface area (Å²) in [5.41, 5.74) is 0.923. The van der Waals surface area contributed by atoms with E-state index in [1.807, 2.05) is 24.3 Å². The van der Waals surface area contributed by atoms with Gasteiger partial charge < -0.3 is 9.84 Å². The highest BCUT2D eigenvalue weighted by Crippen LogP contribution is 2.24. The fourth-order valence-electron chi connectivity index (χ4n) is 2.48. The molecule has 0 heterocycles. The van der Waals surface area contributed by atoms with E-state index in [0.29, 0.717) is 0 Å². The Morgan fingerprint density at radius 1 is 1.18 bits per heavy atom. The van der Waals surface area contributed by atoms with Gasteiger partial charge in [0.05, 0.1) is 18.4 Å². The number of hydrogen-bond donors (Lipinski definition) is 1. The minimum Gasteiger partial charge on any atom is -0.490 e. The fraction of sp³-hybridized carbons (Fsp3) is 0.526. The molecule has 0 aliphatic carbocycles.